The van der Waals surface area contributed by atoms with Gasteiger partial charge < -0.3 is 11.1 Å². The van der Waals surface area contributed by atoms with Gasteiger partial charge in [-0.1, -0.05) is 29.8 Å². The van der Waals surface area contributed by atoms with E-state index in [-0.39, 0.29) is 6.04 Å². The second-order valence-electron chi connectivity index (χ2n) is 4.95. The van der Waals surface area contributed by atoms with Crippen LogP contribution in [0.25, 0.3) is 0 Å². The summed E-state index contributed by atoms with van der Waals surface area (Å²) in [5.41, 5.74) is 8.87. The Morgan fingerprint density at radius 1 is 1.38 bits per heavy atom. The lowest BCUT2D eigenvalue weighted by atomic mass is 9.88. The maximum Gasteiger partial charge on any atom is 0.0297 e. The predicted octanol–water partition coefficient (Wildman–Crippen LogP) is 2.38. The smallest absolute Gasteiger partial charge is 0.0297 e. The van der Waals surface area contributed by atoms with Gasteiger partial charge in [-0.2, -0.15) is 0 Å². The van der Waals surface area contributed by atoms with E-state index in [1.807, 2.05) is 0 Å². The lowest BCUT2D eigenvalue weighted by Gasteiger charge is -2.25. The zero-order valence-electron chi connectivity index (χ0n) is 10.1. The first-order valence-electron chi connectivity index (χ1n) is 6.28. The van der Waals surface area contributed by atoms with Gasteiger partial charge in [-0.3, -0.25) is 0 Å². The molecule has 1 aromatic rings. The summed E-state index contributed by atoms with van der Waals surface area (Å²) in [6.45, 7) is 4.44. The number of hydrogen-bond donors (Lipinski definition) is 2. The predicted molar refractivity (Wildman–Crippen MR) is 68.3 cm³/mol. The van der Waals surface area contributed by atoms with Gasteiger partial charge in [-0.25, -0.2) is 0 Å². The third-order valence-electron chi connectivity index (χ3n) is 3.52. The maximum atomic E-state index is 6.27. The minimum absolute atomic E-state index is 0.211. The normalized spacial score (nSPS) is 19.6. The Hall–Kier alpha value is -0.860. The van der Waals surface area contributed by atoms with Crippen LogP contribution < -0.4 is 11.1 Å². The van der Waals surface area contributed by atoms with Gasteiger partial charge in [0.25, 0.3) is 0 Å². The standard InChI is InChI=1S/C14H22N2/c1-11-3-2-4-13(9-11)14(15)10-12-5-7-16-8-6-12/h2-4,9,12,14,16H,5-8,10,15H2,1H3. The number of nitrogens with one attached hydrogen (secondary N) is 1. The Morgan fingerprint density at radius 3 is 2.81 bits per heavy atom. The van der Waals surface area contributed by atoms with Crippen LogP contribution in [0, 0.1) is 12.8 Å². The Kier molecular flexibility index (Phi) is 3.97. The molecular weight excluding hydrogens is 196 g/mol. The van der Waals surface area contributed by atoms with E-state index >= 15 is 0 Å². The number of benzene rings is 1. The highest BCUT2D eigenvalue weighted by molar-refractivity contribution is 5.24. The van der Waals surface area contributed by atoms with Gasteiger partial charge in [0.1, 0.15) is 0 Å². The Morgan fingerprint density at radius 2 is 2.12 bits per heavy atom. The number of rotatable bonds is 3. The van der Waals surface area contributed by atoms with Gasteiger partial charge in [-0.15, -0.1) is 0 Å². The fourth-order valence-corrected chi connectivity index (χ4v) is 2.51. The third kappa shape index (κ3) is 3.06. The van der Waals surface area contributed by atoms with Crippen molar-refractivity contribution in [3.8, 4) is 0 Å². The second kappa shape index (κ2) is 5.46. The summed E-state index contributed by atoms with van der Waals surface area (Å²) in [5, 5.41) is 3.40. The fraction of sp³-hybridized carbons (Fsp3) is 0.571. The SMILES string of the molecule is Cc1cccc(C(N)CC2CCNCC2)c1. The zero-order chi connectivity index (χ0) is 11.4. The number of nitrogens with two attached hydrogens (primary N) is 1. The molecule has 0 amide bonds. The molecule has 1 aliphatic heterocycles. The molecule has 1 aromatic carbocycles. The van der Waals surface area contributed by atoms with E-state index in [0.29, 0.717) is 0 Å². The van der Waals surface area contributed by atoms with E-state index in [1.54, 1.807) is 0 Å². The van der Waals surface area contributed by atoms with Crippen LogP contribution in [0.15, 0.2) is 24.3 Å². The van der Waals surface area contributed by atoms with Crippen LogP contribution in [0.5, 0.6) is 0 Å². The zero-order valence-corrected chi connectivity index (χ0v) is 10.1. The second-order valence-corrected chi connectivity index (χ2v) is 4.95. The Labute approximate surface area is 98.2 Å². The molecule has 2 heteroatoms. The van der Waals surface area contributed by atoms with Crippen molar-refractivity contribution in [2.75, 3.05) is 13.1 Å². The largest absolute Gasteiger partial charge is 0.324 e. The molecule has 1 atom stereocenters. The molecule has 1 unspecified atom stereocenters. The highest BCUT2D eigenvalue weighted by Crippen LogP contribution is 2.25. The summed E-state index contributed by atoms with van der Waals surface area (Å²) in [6, 6.07) is 8.81. The van der Waals surface area contributed by atoms with E-state index in [0.717, 1.165) is 25.4 Å². The maximum absolute atomic E-state index is 6.27. The van der Waals surface area contributed by atoms with Crippen molar-refractivity contribution in [2.24, 2.45) is 11.7 Å². The lowest BCUT2D eigenvalue weighted by molar-refractivity contribution is 0.333. The van der Waals surface area contributed by atoms with Crippen LogP contribution in [0.3, 0.4) is 0 Å². The highest BCUT2D eigenvalue weighted by atomic mass is 14.9. The average molecular weight is 218 g/mol. The van der Waals surface area contributed by atoms with Crippen molar-refractivity contribution in [1.82, 2.24) is 5.32 Å². The minimum Gasteiger partial charge on any atom is -0.324 e. The topological polar surface area (TPSA) is 38.0 Å². The molecule has 1 fully saturated rings. The summed E-state index contributed by atoms with van der Waals surface area (Å²) in [7, 11) is 0. The monoisotopic (exact) mass is 218 g/mol. The quantitative estimate of drug-likeness (QED) is 0.817. The van der Waals surface area contributed by atoms with Gasteiger partial charge in [0.15, 0.2) is 0 Å². The molecule has 2 rings (SSSR count). The molecule has 0 aromatic heterocycles. The molecule has 88 valence electrons. The van der Waals surface area contributed by atoms with Crippen LogP contribution in [0.2, 0.25) is 0 Å². The van der Waals surface area contributed by atoms with Gasteiger partial charge in [0.2, 0.25) is 0 Å². The molecule has 0 spiro atoms. The van der Waals surface area contributed by atoms with Gasteiger partial charge in [0, 0.05) is 6.04 Å². The molecule has 0 radical (unpaired) electrons. The summed E-state index contributed by atoms with van der Waals surface area (Å²) >= 11 is 0. The summed E-state index contributed by atoms with van der Waals surface area (Å²) < 4.78 is 0. The summed E-state index contributed by atoms with van der Waals surface area (Å²) in [5.74, 6) is 0.803. The van der Waals surface area contributed by atoms with Crippen molar-refractivity contribution >= 4 is 0 Å². The van der Waals surface area contributed by atoms with Crippen molar-refractivity contribution in [3.63, 3.8) is 0 Å². The molecule has 1 heterocycles. The van der Waals surface area contributed by atoms with Crippen molar-refractivity contribution in [1.29, 1.82) is 0 Å². The van der Waals surface area contributed by atoms with Crippen LogP contribution in [0.1, 0.15) is 36.4 Å². The van der Waals surface area contributed by atoms with Crippen molar-refractivity contribution < 1.29 is 0 Å². The van der Waals surface area contributed by atoms with E-state index in [1.165, 1.54) is 24.0 Å². The van der Waals surface area contributed by atoms with E-state index in [2.05, 4.69) is 36.5 Å². The molecule has 1 saturated heterocycles. The van der Waals surface area contributed by atoms with E-state index in [9.17, 15) is 0 Å². The molecule has 1 aliphatic rings. The van der Waals surface area contributed by atoms with Crippen molar-refractivity contribution in [2.45, 2.75) is 32.2 Å². The Balaban J connectivity index is 1.94. The molecule has 16 heavy (non-hydrogen) atoms. The van der Waals surface area contributed by atoms with Crippen molar-refractivity contribution in [3.05, 3.63) is 35.4 Å². The van der Waals surface area contributed by atoms with Crippen LogP contribution in [-0.4, -0.2) is 13.1 Å². The number of aryl methyl sites for hydroxylation is 1. The van der Waals surface area contributed by atoms with Crippen LogP contribution in [0.4, 0.5) is 0 Å². The average Bonchev–Trinajstić information content (AvgIpc) is 2.30. The fourth-order valence-electron chi connectivity index (χ4n) is 2.51. The molecular formula is C14H22N2. The molecule has 2 nitrogen and oxygen atoms in total. The van der Waals surface area contributed by atoms with E-state index < -0.39 is 0 Å². The number of piperidine rings is 1. The molecule has 0 bridgehead atoms. The summed E-state index contributed by atoms with van der Waals surface area (Å²) in [6.07, 6.45) is 3.68. The third-order valence-corrected chi connectivity index (χ3v) is 3.52. The Bertz CT molecular complexity index is 329. The summed E-state index contributed by atoms with van der Waals surface area (Å²) in [4.78, 5) is 0. The molecule has 0 aliphatic carbocycles. The van der Waals surface area contributed by atoms with E-state index in [4.69, 9.17) is 5.73 Å². The first-order chi connectivity index (χ1) is 7.75. The molecule has 0 saturated carbocycles. The van der Waals surface area contributed by atoms with Crippen LogP contribution in [-0.2, 0) is 0 Å². The first kappa shape index (κ1) is 11.6. The number of hydrogen-bond acceptors (Lipinski definition) is 2. The highest BCUT2D eigenvalue weighted by Gasteiger charge is 2.17. The van der Waals surface area contributed by atoms with Gasteiger partial charge in [0.05, 0.1) is 0 Å². The van der Waals surface area contributed by atoms with Gasteiger partial charge in [-0.05, 0) is 50.8 Å². The lowest BCUT2D eigenvalue weighted by Crippen LogP contribution is -2.29. The molecule has 3 N–H and O–H groups in total. The first-order valence-corrected chi connectivity index (χ1v) is 6.28. The van der Waals surface area contributed by atoms with Crippen LogP contribution >= 0.6 is 0 Å². The van der Waals surface area contributed by atoms with Gasteiger partial charge >= 0.3 is 0 Å². The minimum atomic E-state index is 0.211.